The Morgan fingerprint density at radius 3 is 2.70 bits per heavy atom. The first-order valence-corrected chi connectivity index (χ1v) is 7.82. The number of hydrogen-bond donors (Lipinski definition) is 0. The minimum atomic E-state index is 0.422. The van der Waals surface area contributed by atoms with Crippen molar-refractivity contribution in [3.8, 4) is 0 Å². The molecule has 0 saturated heterocycles. The number of fused-ring (bicyclic) bond motifs is 2. The third kappa shape index (κ3) is 2.66. The van der Waals surface area contributed by atoms with E-state index in [-0.39, 0.29) is 0 Å². The summed E-state index contributed by atoms with van der Waals surface area (Å²) in [5, 5.41) is 2.56. The van der Waals surface area contributed by atoms with Gasteiger partial charge in [0, 0.05) is 17.3 Å². The molecule has 23 heavy (non-hydrogen) atoms. The Morgan fingerprint density at radius 1 is 1.22 bits per heavy atom. The van der Waals surface area contributed by atoms with Crippen LogP contribution in [0.2, 0.25) is 0 Å². The molecule has 1 aromatic heterocycles. The van der Waals surface area contributed by atoms with Gasteiger partial charge in [-0.05, 0) is 36.8 Å². The molecule has 0 aliphatic carbocycles. The van der Waals surface area contributed by atoms with Gasteiger partial charge in [0.1, 0.15) is 0 Å². The van der Waals surface area contributed by atoms with Crippen molar-refractivity contribution in [3.05, 3.63) is 60.7 Å². The molecule has 0 aliphatic rings. The Morgan fingerprint density at radius 2 is 1.96 bits per heavy atom. The maximum atomic E-state index is 5.43. The molecule has 0 bridgehead atoms. The fourth-order valence-corrected chi connectivity index (χ4v) is 3.03. The lowest BCUT2D eigenvalue weighted by atomic mass is 10.0. The van der Waals surface area contributed by atoms with Crippen LogP contribution in [0.5, 0.6) is 0 Å². The van der Waals surface area contributed by atoms with Crippen molar-refractivity contribution in [2.75, 3.05) is 18.6 Å². The van der Waals surface area contributed by atoms with Crippen LogP contribution in [0.4, 0.5) is 5.69 Å². The summed E-state index contributed by atoms with van der Waals surface area (Å²) in [5.74, 6) is 0. The average molecular weight is 322 g/mol. The van der Waals surface area contributed by atoms with Crippen molar-refractivity contribution >= 4 is 44.9 Å². The number of aryl methyl sites for hydroxylation is 1. The second-order valence-electron chi connectivity index (χ2n) is 5.32. The van der Waals surface area contributed by atoms with E-state index in [1.165, 1.54) is 0 Å². The van der Waals surface area contributed by atoms with E-state index in [1.807, 2.05) is 41.3 Å². The molecule has 0 radical (unpaired) electrons. The lowest BCUT2D eigenvalue weighted by molar-refractivity contribution is 0.404. The zero-order chi connectivity index (χ0) is 16.4. The molecule has 0 aliphatic heterocycles. The quantitative estimate of drug-likeness (QED) is 0.399. The van der Waals surface area contributed by atoms with Crippen molar-refractivity contribution in [2.45, 2.75) is 6.92 Å². The molecule has 0 atom stereocenters. The summed E-state index contributed by atoms with van der Waals surface area (Å²) in [4.78, 5) is 6.76. The van der Waals surface area contributed by atoms with Gasteiger partial charge >= 0.3 is 0 Å². The van der Waals surface area contributed by atoms with E-state index in [1.54, 1.807) is 7.11 Å². The zero-order valence-electron chi connectivity index (χ0n) is 13.2. The Balaban J connectivity index is 2.46. The summed E-state index contributed by atoms with van der Waals surface area (Å²) in [6.45, 7) is 6.51. The van der Waals surface area contributed by atoms with Crippen LogP contribution in [0, 0.1) is 6.92 Å². The maximum Gasteiger partial charge on any atom is 0.263 e. The molecule has 1 heterocycles. The molecule has 0 unspecified atom stereocenters. The van der Waals surface area contributed by atoms with Crippen molar-refractivity contribution in [2.24, 2.45) is 0 Å². The molecule has 0 amide bonds. The average Bonchev–Trinajstić information content (AvgIpc) is 2.57. The molecule has 3 aromatic rings. The number of pyridine rings is 1. The third-order valence-corrected chi connectivity index (χ3v) is 4.25. The number of thiocarbonyl (C=S) groups is 1. The molecule has 0 saturated carbocycles. The molecule has 2 aromatic carbocycles. The van der Waals surface area contributed by atoms with Gasteiger partial charge in [0.05, 0.1) is 23.8 Å². The molecule has 3 nitrogen and oxygen atoms in total. The number of benzene rings is 2. The van der Waals surface area contributed by atoms with E-state index >= 15 is 0 Å². The van der Waals surface area contributed by atoms with Crippen LogP contribution in [0.3, 0.4) is 0 Å². The highest BCUT2D eigenvalue weighted by molar-refractivity contribution is 7.80. The number of ether oxygens (including phenoxy) is 1. The van der Waals surface area contributed by atoms with E-state index in [9.17, 15) is 0 Å². The highest BCUT2D eigenvalue weighted by atomic mass is 32.1. The normalized spacial score (nSPS) is 10.7. The van der Waals surface area contributed by atoms with Crippen LogP contribution in [-0.4, -0.2) is 23.8 Å². The van der Waals surface area contributed by atoms with Gasteiger partial charge < -0.3 is 4.74 Å². The number of rotatable bonds is 3. The Bertz CT molecular complexity index is 904. The Kier molecular flexibility index (Phi) is 4.26. The van der Waals surface area contributed by atoms with Crippen molar-refractivity contribution < 1.29 is 4.74 Å². The first-order chi connectivity index (χ1) is 11.2. The van der Waals surface area contributed by atoms with Crippen LogP contribution < -0.4 is 4.90 Å². The van der Waals surface area contributed by atoms with Gasteiger partial charge in [-0.25, -0.2) is 4.98 Å². The summed E-state index contributed by atoms with van der Waals surface area (Å²) in [7, 11) is 1.59. The summed E-state index contributed by atoms with van der Waals surface area (Å²) in [5.41, 5.74) is 4.07. The summed E-state index contributed by atoms with van der Waals surface area (Å²) >= 11 is 5.43. The maximum absolute atomic E-state index is 5.43. The first-order valence-electron chi connectivity index (χ1n) is 7.42. The molecule has 116 valence electrons. The Hall–Kier alpha value is -2.46. The largest absolute Gasteiger partial charge is 0.474 e. The summed E-state index contributed by atoms with van der Waals surface area (Å²) < 4.78 is 5.35. The monoisotopic (exact) mass is 322 g/mol. The molecular formula is C19H18N2OS. The minimum absolute atomic E-state index is 0.422. The molecule has 0 fully saturated rings. The van der Waals surface area contributed by atoms with Crippen LogP contribution in [-0.2, 0) is 4.74 Å². The fraction of sp³-hybridized carbons (Fsp3) is 0.158. The second-order valence-corrected chi connectivity index (χ2v) is 5.67. The predicted molar refractivity (Wildman–Crippen MR) is 101 cm³/mol. The van der Waals surface area contributed by atoms with Gasteiger partial charge in [-0.2, -0.15) is 0 Å². The van der Waals surface area contributed by atoms with Gasteiger partial charge in [-0.1, -0.05) is 36.4 Å². The number of anilines is 1. The Labute approximate surface area is 141 Å². The van der Waals surface area contributed by atoms with Gasteiger partial charge in [0.25, 0.3) is 5.17 Å². The van der Waals surface area contributed by atoms with Crippen molar-refractivity contribution in [3.63, 3.8) is 0 Å². The number of aromatic nitrogens is 1. The first kappa shape index (κ1) is 15.4. The number of para-hydroxylation sites is 1. The van der Waals surface area contributed by atoms with Crippen molar-refractivity contribution in [1.82, 2.24) is 4.98 Å². The van der Waals surface area contributed by atoms with Gasteiger partial charge in [0.15, 0.2) is 0 Å². The number of nitrogens with zero attached hydrogens (tertiary/aromatic N) is 2. The molecule has 4 heteroatoms. The fourth-order valence-electron chi connectivity index (χ4n) is 2.87. The van der Waals surface area contributed by atoms with Crippen LogP contribution >= 0.6 is 12.2 Å². The van der Waals surface area contributed by atoms with Gasteiger partial charge in [-0.15, -0.1) is 6.58 Å². The van der Waals surface area contributed by atoms with Crippen molar-refractivity contribution in [1.29, 1.82) is 0 Å². The van der Waals surface area contributed by atoms with E-state index in [0.717, 1.165) is 33.1 Å². The number of methoxy groups -OCH3 is 1. The summed E-state index contributed by atoms with van der Waals surface area (Å²) in [6, 6.07) is 14.2. The SMILES string of the molecule is C=CCN(C(=S)OC)c1c2ccccc2nc2cccc(C)c12. The smallest absolute Gasteiger partial charge is 0.263 e. The van der Waals surface area contributed by atoms with Crippen LogP contribution in [0.25, 0.3) is 21.8 Å². The van der Waals surface area contributed by atoms with E-state index in [0.29, 0.717) is 11.7 Å². The molecule has 3 rings (SSSR count). The minimum Gasteiger partial charge on any atom is -0.474 e. The van der Waals surface area contributed by atoms with Gasteiger partial charge in [-0.3, -0.25) is 4.90 Å². The predicted octanol–water partition coefficient (Wildman–Crippen LogP) is 4.62. The van der Waals surface area contributed by atoms with E-state index in [2.05, 4.69) is 25.6 Å². The van der Waals surface area contributed by atoms with E-state index < -0.39 is 0 Å². The van der Waals surface area contributed by atoms with E-state index in [4.69, 9.17) is 21.9 Å². The van der Waals surface area contributed by atoms with Crippen LogP contribution in [0.15, 0.2) is 55.1 Å². The zero-order valence-corrected chi connectivity index (χ0v) is 14.1. The third-order valence-electron chi connectivity index (χ3n) is 3.86. The molecule has 0 N–H and O–H groups in total. The van der Waals surface area contributed by atoms with Gasteiger partial charge in [0.2, 0.25) is 0 Å². The second kappa shape index (κ2) is 6.34. The number of hydrogen-bond acceptors (Lipinski definition) is 3. The summed E-state index contributed by atoms with van der Waals surface area (Å²) in [6.07, 6.45) is 1.82. The lowest BCUT2D eigenvalue weighted by Gasteiger charge is -2.26. The topological polar surface area (TPSA) is 25.4 Å². The highest BCUT2D eigenvalue weighted by Gasteiger charge is 2.19. The van der Waals surface area contributed by atoms with Crippen LogP contribution in [0.1, 0.15) is 5.56 Å². The lowest BCUT2D eigenvalue weighted by Crippen LogP contribution is -2.31. The standard InChI is InChI=1S/C19H18N2OS/c1-4-12-21(19(23)22-3)18-14-9-5-6-10-15(14)20-16-11-7-8-13(2)17(16)18/h4-11H,1,12H2,2-3H3. The molecule has 0 spiro atoms. The highest BCUT2D eigenvalue weighted by Crippen LogP contribution is 2.36. The molecular weight excluding hydrogens is 304 g/mol.